The number of amides is 1. The van der Waals surface area contributed by atoms with E-state index in [0.717, 1.165) is 10.0 Å². The number of hydrogen-bond acceptors (Lipinski definition) is 1. The van der Waals surface area contributed by atoms with Crippen molar-refractivity contribution in [3.63, 3.8) is 0 Å². The van der Waals surface area contributed by atoms with Gasteiger partial charge >= 0.3 is 0 Å². The number of hydrogen-bond donors (Lipinski definition) is 1. The molecule has 0 aliphatic rings. The van der Waals surface area contributed by atoms with Crippen molar-refractivity contribution in [2.24, 2.45) is 5.73 Å². The lowest BCUT2D eigenvalue weighted by Gasteiger charge is -2.02. The van der Waals surface area contributed by atoms with E-state index in [1.165, 1.54) is 0 Å². The van der Waals surface area contributed by atoms with Crippen LogP contribution in [0.15, 0.2) is 22.7 Å². The molecule has 12 heavy (non-hydrogen) atoms. The van der Waals surface area contributed by atoms with Crippen molar-refractivity contribution in [1.29, 1.82) is 0 Å². The SMILES string of the molecule is NC(=O)c1cc(Br)ccc1CCl. The molecule has 0 saturated carbocycles. The standard InChI is InChI=1S/C8H7BrClNO/c9-6-2-1-5(4-10)7(3-6)8(11)12/h1-3H,4H2,(H2,11,12). The zero-order chi connectivity index (χ0) is 9.14. The highest BCUT2D eigenvalue weighted by Gasteiger charge is 2.06. The van der Waals surface area contributed by atoms with Gasteiger partial charge < -0.3 is 5.73 Å². The van der Waals surface area contributed by atoms with Crippen molar-refractivity contribution >= 4 is 33.4 Å². The summed E-state index contributed by atoms with van der Waals surface area (Å²) in [6.07, 6.45) is 0. The van der Waals surface area contributed by atoms with Gasteiger partial charge in [-0.2, -0.15) is 0 Å². The summed E-state index contributed by atoms with van der Waals surface area (Å²) < 4.78 is 0.824. The van der Waals surface area contributed by atoms with Gasteiger partial charge in [-0.25, -0.2) is 0 Å². The van der Waals surface area contributed by atoms with Gasteiger partial charge in [0, 0.05) is 15.9 Å². The van der Waals surface area contributed by atoms with Crippen LogP contribution in [-0.2, 0) is 5.88 Å². The van der Waals surface area contributed by atoms with E-state index in [1.807, 2.05) is 6.07 Å². The second-order valence-electron chi connectivity index (χ2n) is 2.30. The summed E-state index contributed by atoms with van der Waals surface area (Å²) in [4.78, 5) is 10.9. The molecule has 1 aromatic carbocycles. The minimum Gasteiger partial charge on any atom is -0.366 e. The van der Waals surface area contributed by atoms with Gasteiger partial charge in [0.1, 0.15) is 0 Å². The predicted octanol–water partition coefficient (Wildman–Crippen LogP) is 2.29. The van der Waals surface area contributed by atoms with Crippen LogP contribution in [0.25, 0.3) is 0 Å². The highest BCUT2D eigenvalue weighted by Crippen LogP contribution is 2.17. The topological polar surface area (TPSA) is 43.1 Å². The molecule has 1 aromatic rings. The third-order valence-electron chi connectivity index (χ3n) is 1.48. The molecule has 0 spiro atoms. The monoisotopic (exact) mass is 247 g/mol. The fraction of sp³-hybridized carbons (Fsp3) is 0.125. The molecular formula is C8H7BrClNO. The fourth-order valence-corrected chi connectivity index (χ4v) is 1.49. The largest absolute Gasteiger partial charge is 0.366 e. The first-order valence-corrected chi connectivity index (χ1v) is 4.62. The molecule has 2 N–H and O–H groups in total. The third-order valence-corrected chi connectivity index (χ3v) is 2.26. The molecule has 0 atom stereocenters. The smallest absolute Gasteiger partial charge is 0.249 e. The van der Waals surface area contributed by atoms with E-state index in [9.17, 15) is 4.79 Å². The molecule has 0 bridgehead atoms. The molecule has 0 aliphatic heterocycles. The van der Waals surface area contributed by atoms with Crippen LogP contribution in [0.4, 0.5) is 0 Å². The molecule has 0 fully saturated rings. The highest BCUT2D eigenvalue weighted by atomic mass is 79.9. The van der Waals surface area contributed by atoms with Gasteiger partial charge in [0.15, 0.2) is 0 Å². The first-order chi connectivity index (χ1) is 5.65. The lowest BCUT2D eigenvalue weighted by Crippen LogP contribution is -2.13. The van der Waals surface area contributed by atoms with Gasteiger partial charge in [-0.3, -0.25) is 4.79 Å². The number of benzene rings is 1. The summed E-state index contributed by atoms with van der Waals surface area (Å²) in [5, 5.41) is 0. The Hall–Kier alpha value is -0.540. The Bertz CT molecular complexity index is 314. The van der Waals surface area contributed by atoms with Crippen molar-refractivity contribution in [3.05, 3.63) is 33.8 Å². The minimum absolute atomic E-state index is 0.297. The molecule has 64 valence electrons. The fourth-order valence-electron chi connectivity index (χ4n) is 0.895. The Morgan fingerprint density at radius 1 is 1.58 bits per heavy atom. The van der Waals surface area contributed by atoms with Gasteiger partial charge in [0.25, 0.3) is 0 Å². The Morgan fingerprint density at radius 3 is 2.75 bits per heavy atom. The molecule has 0 unspecified atom stereocenters. The van der Waals surface area contributed by atoms with Crippen LogP contribution in [0.3, 0.4) is 0 Å². The first-order valence-electron chi connectivity index (χ1n) is 3.29. The molecule has 1 amide bonds. The summed E-state index contributed by atoms with van der Waals surface area (Å²) in [5.74, 6) is -0.155. The maximum atomic E-state index is 10.9. The van der Waals surface area contributed by atoms with E-state index >= 15 is 0 Å². The van der Waals surface area contributed by atoms with E-state index in [-0.39, 0.29) is 0 Å². The molecule has 0 heterocycles. The third kappa shape index (κ3) is 1.99. The minimum atomic E-state index is -0.452. The van der Waals surface area contributed by atoms with Gasteiger partial charge in [0.2, 0.25) is 5.91 Å². The van der Waals surface area contributed by atoms with Crippen molar-refractivity contribution < 1.29 is 4.79 Å². The first kappa shape index (κ1) is 9.55. The summed E-state index contributed by atoms with van der Waals surface area (Å²) in [6.45, 7) is 0. The van der Waals surface area contributed by atoms with Crippen molar-refractivity contribution in [2.45, 2.75) is 5.88 Å². The number of halogens is 2. The number of alkyl halides is 1. The normalized spacial score (nSPS) is 9.83. The van der Waals surface area contributed by atoms with Crippen LogP contribution < -0.4 is 5.73 Å². The van der Waals surface area contributed by atoms with E-state index in [1.54, 1.807) is 12.1 Å². The predicted molar refractivity (Wildman–Crippen MR) is 52.2 cm³/mol. The van der Waals surface area contributed by atoms with Crippen LogP contribution in [-0.4, -0.2) is 5.91 Å². The highest BCUT2D eigenvalue weighted by molar-refractivity contribution is 9.10. The molecule has 0 saturated heterocycles. The summed E-state index contributed by atoms with van der Waals surface area (Å²) in [6, 6.07) is 5.27. The molecule has 0 aromatic heterocycles. The van der Waals surface area contributed by atoms with Crippen LogP contribution in [0.2, 0.25) is 0 Å². The molecular weight excluding hydrogens is 241 g/mol. The Balaban J connectivity index is 3.21. The van der Waals surface area contributed by atoms with Gasteiger partial charge in [-0.1, -0.05) is 22.0 Å². The number of carbonyl (C=O) groups is 1. The number of carbonyl (C=O) groups excluding carboxylic acids is 1. The quantitative estimate of drug-likeness (QED) is 0.802. The summed E-state index contributed by atoms with van der Waals surface area (Å²) >= 11 is 8.85. The van der Waals surface area contributed by atoms with Crippen molar-refractivity contribution in [3.8, 4) is 0 Å². The van der Waals surface area contributed by atoms with Crippen LogP contribution >= 0.6 is 27.5 Å². The Kier molecular flexibility index (Phi) is 3.12. The lowest BCUT2D eigenvalue weighted by atomic mass is 10.1. The zero-order valence-electron chi connectivity index (χ0n) is 6.18. The molecule has 2 nitrogen and oxygen atoms in total. The average molecular weight is 249 g/mol. The molecule has 0 aliphatic carbocycles. The zero-order valence-corrected chi connectivity index (χ0v) is 8.52. The lowest BCUT2D eigenvalue weighted by molar-refractivity contribution is 0.0999. The van der Waals surface area contributed by atoms with E-state index < -0.39 is 5.91 Å². The Morgan fingerprint density at radius 2 is 2.25 bits per heavy atom. The maximum absolute atomic E-state index is 10.9. The van der Waals surface area contributed by atoms with Crippen LogP contribution in [0.1, 0.15) is 15.9 Å². The second kappa shape index (κ2) is 3.92. The van der Waals surface area contributed by atoms with Crippen molar-refractivity contribution in [2.75, 3.05) is 0 Å². The van der Waals surface area contributed by atoms with E-state index in [2.05, 4.69) is 15.9 Å². The van der Waals surface area contributed by atoms with E-state index in [4.69, 9.17) is 17.3 Å². The van der Waals surface area contributed by atoms with E-state index in [0.29, 0.717) is 11.4 Å². The average Bonchev–Trinajstić information content (AvgIpc) is 2.04. The summed E-state index contributed by atoms with van der Waals surface area (Å²) in [5.41, 5.74) is 6.37. The number of nitrogens with two attached hydrogens (primary N) is 1. The number of primary amides is 1. The van der Waals surface area contributed by atoms with Crippen molar-refractivity contribution in [1.82, 2.24) is 0 Å². The molecule has 4 heteroatoms. The van der Waals surface area contributed by atoms with Gasteiger partial charge in [-0.05, 0) is 17.7 Å². The summed E-state index contributed by atoms with van der Waals surface area (Å²) in [7, 11) is 0. The molecule has 1 rings (SSSR count). The number of rotatable bonds is 2. The Labute approximate surface area is 83.8 Å². The van der Waals surface area contributed by atoms with Crippen LogP contribution in [0.5, 0.6) is 0 Å². The second-order valence-corrected chi connectivity index (χ2v) is 3.48. The van der Waals surface area contributed by atoms with Gasteiger partial charge in [-0.15, -0.1) is 11.6 Å². The van der Waals surface area contributed by atoms with Gasteiger partial charge in [0.05, 0.1) is 0 Å². The maximum Gasteiger partial charge on any atom is 0.249 e. The molecule has 0 radical (unpaired) electrons. The van der Waals surface area contributed by atoms with Crippen LogP contribution in [0, 0.1) is 0 Å².